The van der Waals surface area contributed by atoms with Crippen LogP contribution in [0.2, 0.25) is 5.02 Å². The van der Waals surface area contributed by atoms with Gasteiger partial charge >= 0.3 is 0 Å². The number of hydrogen-bond acceptors (Lipinski definition) is 2. The highest BCUT2D eigenvalue weighted by atomic mass is 35.5. The van der Waals surface area contributed by atoms with E-state index in [1.807, 2.05) is 0 Å². The molecule has 0 saturated carbocycles. The maximum absolute atomic E-state index is 13.1. The van der Waals surface area contributed by atoms with E-state index >= 15 is 0 Å². The summed E-state index contributed by atoms with van der Waals surface area (Å²) in [5, 5.41) is 2.98. The van der Waals surface area contributed by atoms with Gasteiger partial charge in [-0.15, -0.1) is 0 Å². The van der Waals surface area contributed by atoms with E-state index < -0.39 is 23.7 Å². The molecule has 114 valence electrons. The summed E-state index contributed by atoms with van der Waals surface area (Å²) in [7, 11) is 0. The van der Waals surface area contributed by atoms with Gasteiger partial charge in [0.25, 0.3) is 5.91 Å². The fourth-order valence-corrected chi connectivity index (χ4v) is 2.19. The van der Waals surface area contributed by atoms with Crippen molar-refractivity contribution < 1.29 is 14.0 Å². The van der Waals surface area contributed by atoms with Crippen LogP contribution in [0.15, 0.2) is 48.5 Å². The van der Waals surface area contributed by atoms with Crippen LogP contribution >= 0.6 is 11.6 Å². The maximum Gasteiger partial charge on any atom is 0.252 e. The van der Waals surface area contributed by atoms with Gasteiger partial charge in [-0.3, -0.25) is 9.59 Å². The van der Waals surface area contributed by atoms with Crippen molar-refractivity contribution in [3.05, 3.63) is 70.5 Å². The summed E-state index contributed by atoms with van der Waals surface area (Å²) < 4.78 is 13.1. The Labute approximate surface area is 132 Å². The van der Waals surface area contributed by atoms with Crippen LogP contribution in [0.25, 0.3) is 0 Å². The van der Waals surface area contributed by atoms with Crippen molar-refractivity contribution in [2.45, 2.75) is 12.5 Å². The lowest BCUT2D eigenvalue weighted by Gasteiger charge is -2.16. The van der Waals surface area contributed by atoms with Gasteiger partial charge in [0, 0.05) is 17.0 Å². The second-order valence-electron chi connectivity index (χ2n) is 4.73. The zero-order valence-electron chi connectivity index (χ0n) is 11.6. The van der Waals surface area contributed by atoms with Crippen molar-refractivity contribution in [1.82, 2.24) is 5.32 Å². The van der Waals surface area contributed by atoms with Crippen molar-refractivity contribution >= 4 is 23.4 Å². The molecule has 0 radical (unpaired) electrons. The van der Waals surface area contributed by atoms with Gasteiger partial charge in [0.05, 0.1) is 0 Å². The molecule has 2 rings (SSSR count). The van der Waals surface area contributed by atoms with Crippen molar-refractivity contribution in [3.63, 3.8) is 0 Å². The monoisotopic (exact) mass is 320 g/mol. The Hall–Kier alpha value is -2.40. The molecule has 0 aliphatic rings. The Morgan fingerprint density at radius 2 is 1.91 bits per heavy atom. The van der Waals surface area contributed by atoms with Crippen LogP contribution in [0.3, 0.4) is 0 Å². The van der Waals surface area contributed by atoms with Crippen LogP contribution in [0.4, 0.5) is 4.39 Å². The molecule has 2 aromatic carbocycles. The molecule has 0 heterocycles. The summed E-state index contributed by atoms with van der Waals surface area (Å²) in [5.41, 5.74) is 6.12. The number of primary amides is 1. The molecule has 0 saturated heterocycles. The van der Waals surface area contributed by atoms with Crippen LogP contribution in [-0.4, -0.2) is 17.9 Å². The predicted molar refractivity (Wildman–Crippen MR) is 82.0 cm³/mol. The predicted octanol–water partition coefficient (Wildman–Crippen LogP) is 2.31. The first-order valence-corrected chi connectivity index (χ1v) is 6.94. The van der Waals surface area contributed by atoms with E-state index in [1.165, 1.54) is 18.2 Å². The van der Waals surface area contributed by atoms with E-state index in [4.69, 9.17) is 17.3 Å². The van der Waals surface area contributed by atoms with Crippen molar-refractivity contribution in [1.29, 1.82) is 0 Å². The van der Waals surface area contributed by atoms with Gasteiger partial charge in [0.15, 0.2) is 0 Å². The average Bonchev–Trinajstić information content (AvgIpc) is 2.48. The van der Waals surface area contributed by atoms with E-state index in [-0.39, 0.29) is 12.0 Å². The van der Waals surface area contributed by atoms with E-state index in [9.17, 15) is 14.0 Å². The minimum absolute atomic E-state index is 0.116. The van der Waals surface area contributed by atoms with Crippen molar-refractivity contribution in [2.75, 3.05) is 0 Å². The number of benzene rings is 2. The molecule has 2 aromatic rings. The smallest absolute Gasteiger partial charge is 0.252 e. The van der Waals surface area contributed by atoms with Crippen LogP contribution in [0.1, 0.15) is 15.9 Å². The SMILES string of the molecule is NC(=O)[C@H](Cc1ccccc1Cl)NC(=O)c1cccc(F)c1. The normalized spacial score (nSPS) is 11.7. The lowest BCUT2D eigenvalue weighted by Crippen LogP contribution is -2.45. The number of nitrogens with two attached hydrogens (primary N) is 1. The second-order valence-corrected chi connectivity index (χ2v) is 5.14. The summed E-state index contributed by atoms with van der Waals surface area (Å²) in [4.78, 5) is 23.6. The first-order valence-electron chi connectivity index (χ1n) is 6.56. The number of rotatable bonds is 5. The Kier molecular flexibility index (Phi) is 5.12. The van der Waals surface area contributed by atoms with E-state index in [0.29, 0.717) is 10.6 Å². The third kappa shape index (κ3) is 4.05. The largest absolute Gasteiger partial charge is 0.368 e. The average molecular weight is 321 g/mol. The molecule has 22 heavy (non-hydrogen) atoms. The van der Waals surface area contributed by atoms with Gasteiger partial charge in [0.1, 0.15) is 11.9 Å². The quantitative estimate of drug-likeness (QED) is 0.887. The number of hydrogen-bond donors (Lipinski definition) is 2. The van der Waals surface area contributed by atoms with E-state index in [1.54, 1.807) is 24.3 Å². The highest BCUT2D eigenvalue weighted by molar-refractivity contribution is 6.31. The Balaban J connectivity index is 2.14. The van der Waals surface area contributed by atoms with Crippen molar-refractivity contribution in [2.24, 2.45) is 5.73 Å². The molecular formula is C16H14ClFN2O2. The van der Waals surface area contributed by atoms with E-state index in [0.717, 1.165) is 6.07 Å². The highest BCUT2D eigenvalue weighted by Gasteiger charge is 2.20. The summed E-state index contributed by atoms with van der Waals surface area (Å²) in [5.74, 6) is -1.80. The van der Waals surface area contributed by atoms with Crippen LogP contribution in [-0.2, 0) is 11.2 Å². The number of carbonyl (C=O) groups excluding carboxylic acids is 2. The van der Waals surface area contributed by atoms with Gasteiger partial charge < -0.3 is 11.1 Å². The number of amides is 2. The van der Waals surface area contributed by atoms with Gasteiger partial charge in [-0.2, -0.15) is 0 Å². The summed E-state index contributed by atoms with van der Waals surface area (Å²) >= 11 is 6.03. The third-order valence-corrected chi connectivity index (χ3v) is 3.49. The van der Waals surface area contributed by atoms with Gasteiger partial charge in [-0.25, -0.2) is 4.39 Å². The Morgan fingerprint density at radius 1 is 1.18 bits per heavy atom. The van der Waals surface area contributed by atoms with Gasteiger partial charge in [-0.05, 0) is 29.8 Å². The molecule has 0 aromatic heterocycles. The summed E-state index contributed by atoms with van der Waals surface area (Å²) in [6.45, 7) is 0. The Bertz CT molecular complexity index is 706. The molecule has 0 aliphatic carbocycles. The van der Waals surface area contributed by atoms with Crippen LogP contribution in [0.5, 0.6) is 0 Å². The molecule has 0 spiro atoms. The topological polar surface area (TPSA) is 72.2 Å². The van der Waals surface area contributed by atoms with E-state index in [2.05, 4.69) is 5.32 Å². The zero-order chi connectivity index (χ0) is 16.1. The first kappa shape index (κ1) is 16.0. The molecule has 0 aliphatic heterocycles. The molecule has 0 unspecified atom stereocenters. The number of nitrogens with one attached hydrogen (secondary N) is 1. The highest BCUT2D eigenvalue weighted by Crippen LogP contribution is 2.17. The molecule has 1 atom stereocenters. The molecule has 2 amide bonds. The molecule has 6 heteroatoms. The second kappa shape index (κ2) is 7.04. The lowest BCUT2D eigenvalue weighted by molar-refractivity contribution is -0.119. The van der Waals surface area contributed by atoms with Gasteiger partial charge in [-0.1, -0.05) is 35.9 Å². The van der Waals surface area contributed by atoms with Gasteiger partial charge in [0.2, 0.25) is 5.91 Å². The maximum atomic E-state index is 13.1. The standard InChI is InChI=1S/C16H14ClFN2O2/c17-13-7-2-1-4-10(13)9-14(15(19)21)20-16(22)11-5-3-6-12(18)8-11/h1-8,14H,9H2,(H2,19,21)(H,20,22)/t14-/m0/s1. The number of halogens is 2. The zero-order valence-corrected chi connectivity index (χ0v) is 12.3. The fourth-order valence-electron chi connectivity index (χ4n) is 1.98. The lowest BCUT2D eigenvalue weighted by atomic mass is 10.0. The third-order valence-electron chi connectivity index (χ3n) is 3.12. The van der Waals surface area contributed by atoms with Crippen molar-refractivity contribution in [3.8, 4) is 0 Å². The first-order chi connectivity index (χ1) is 10.5. The summed E-state index contributed by atoms with van der Waals surface area (Å²) in [6, 6.07) is 11.2. The van der Waals surface area contributed by atoms with Crippen LogP contribution in [0, 0.1) is 5.82 Å². The van der Waals surface area contributed by atoms with Crippen LogP contribution < -0.4 is 11.1 Å². The Morgan fingerprint density at radius 3 is 2.55 bits per heavy atom. The minimum Gasteiger partial charge on any atom is -0.368 e. The number of carbonyl (C=O) groups is 2. The fraction of sp³-hybridized carbons (Fsp3) is 0.125. The molecule has 4 nitrogen and oxygen atoms in total. The molecule has 0 bridgehead atoms. The summed E-state index contributed by atoms with van der Waals surface area (Å²) in [6.07, 6.45) is 0.163. The molecule has 0 fully saturated rings. The minimum atomic E-state index is -0.935. The molecular weight excluding hydrogens is 307 g/mol. The molecule has 3 N–H and O–H groups in total.